The summed E-state index contributed by atoms with van der Waals surface area (Å²) in [6.07, 6.45) is 1.61. The third-order valence-electron chi connectivity index (χ3n) is 3.90. The molecule has 5 nitrogen and oxygen atoms in total. The topological polar surface area (TPSA) is 75.1 Å². The van der Waals surface area contributed by atoms with Crippen LogP contribution in [0.5, 0.6) is 0 Å². The van der Waals surface area contributed by atoms with Crippen LogP contribution in [0.3, 0.4) is 0 Å². The van der Waals surface area contributed by atoms with E-state index in [0.29, 0.717) is 16.8 Å². The Morgan fingerprint density at radius 3 is 2.45 bits per heavy atom. The molecule has 0 radical (unpaired) electrons. The number of aromatic amines is 1. The van der Waals surface area contributed by atoms with Crippen molar-refractivity contribution in [2.75, 3.05) is 0 Å². The summed E-state index contributed by atoms with van der Waals surface area (Å²) >= 11 is 0. The van der Waals surface area contributed by atoms with Crippen molar-refractivity contribution >= 4 is 11.6 Å². The van der Waals surface area contributed by atoms with Gasteiger partial charge in [0.05, 0.1) is 24.0 Å². The van der Waals surface area contributed by atoms with Crippen molar-refractivity contribution in [3.63, 3.8) is 0 Å². The second-order valence-corrected chi connectivity index (χ2v) is 5.67. The molecule has 118 valence electrons. The Bertz CT molecular complexity index is 683. The van der Waals surface area contributed by atoms with E-state index in [0.717, 1.165) is 11.5 Å². The van der Waals surface area contributed by atoms with Gasteiger partial charge in [-0.2, -0.15) is 0 Å². The lowest BCUT2D eigenvalue weighted by Crippen LogP contribution is -2.36. The lowest BCUT2D eigenvalue weighted by molar-refractivity contribution is 0.0938. The minimum atomic E-state index is -0.392. The van der Waals surface area contributed by atoms with Crippen LogP contribution in [0.1, 0.15) is 64.7 Å². The summed E-state index contributed by atoms with van der Waals surface area (Å²) in [5.74, 6) is 0.685. The molecule has 2 aromatic rings. The van der Waals surface area contributed by atoms with Crippen molar-refractivity contribution in [3.8, 4) is 0 Å². The van der Waals surface area contributed by atoms with E-state index in [-0.39, 0.29) is 17.6 Å². The molecule has 0 aliphatic heterocycles. The average molecular weight is 302 g/mol. The summed E-state index contributed by atoms with van der Waals surface area (Å²) < 4.78 is 5.33. The van der Waals surface area contributed by atoms with Crippen LogP contribution in [0.4, 0.5) is 0 Å². The highest BCUT2D eigenvalue weighted by atomic mass is 16.3. The van der Waals surface area contributed by atoms with Gasteiger partial charge in [0.2, 0.25) is 0 Å². The minimum Gasteiger partial charge on any atom is -0.468 e. The Morgan fingerprint density at radius 2 is 1.95 bits per heavy atom. The molecule has 2 atom stereocenters. The molecule has 2 aromatic heterocycles. The summed E-state index contributed by atoms with van der Waals surface area (Å²) in [4.78, 5) is 27.3. The third-order valence-corrected chi connectivity index (χ3v) is 3.90. The highest BCUT2D eigenvalue weighted by Crippen LogP contribution is 2.21. The van der Waals surface area contributed by atoms with E-state index in [9.17, 15) is 9.59 Å². The van der Waals surface area contributed by atoms with Crippen LogP contribution < -0.4 is 5.32 Å². The number of aromatic nitrogens is 1. The van der Waals surface area contributed by atoms with Crippen molar-refractivity contribution < 1.29 is 14.0 Å². The lowest BCUT2D eigenvalue weighted by Gasteiger charge is -2.17. The number of hydrogen-bond donors (Lipinski definition) is 2. The van der Waals surface area contributed by atoms with E-state index in [1.807, 2.05) is 32.9 Å². The standard InChI is InChI=1S/C17H22N2O3/c1-9-15(13(5)20)11(3)19-16(9)17(21)12(4)18-10(2)14-7-6-8-22-14/h6-8,10,12,18-19H,1-5H3/t10-,12-/m0/s1. The fraction of sp³-hybridized carbons (Fsp3) is 0.412. The first-order valence-corrected chi connectivity index (χ1v) is 7.36. The Morgan fingerprint density at radius 1 is 1.27 bits per heavy atom. The molecule has 0 aromatic carbocycles. The Hall–Kier alpha value is -2.14. The molecule has 5 heteroatoms. The van der Waals surface area contributed by atoms with Crippen molar-refractivity contribution in [3.05, 3.63) is 46.7 Å². The number of H-pyrrole nitrogens is 1. The summed E-state index contributed by atoms with van der Waals surface area (Å²) in [6.45, 7) is 8.87. The number of rotatable bonds is 6. The molecule has 0 aliphatic carbocycles. The van der Waals surface area contributed by atoms with E-state index in [1.165, 1.54) is 6.92 Å². The molecule has 0 bridgehead atoms. The second kappa shape index (κ2) is 6.32. The lowest BCUT2D eigenvalue weighted by atomic mass is 10.0. The molecule has 2 rings (SSSR count). The summed E-state index contributed by atoms with van der Waals surface area (Å²) in [6, 6.07) is 3.22. The number of carbonyl (C=O) groups is 2. The first kappa shape index (κ1) is 16.2. The van der Waals surface area contributed by atoms with Gasteiger partial charge in [-0.3, -0.25) is 14.9 Å². The Labute approximate surface area is 130 Å². The van der Waals surface area contributed by atoms with Gasteiger partial charge in [0.15, 0.2) is 11.6 Å². The molecule has 0 spiro atoms. The van der Waals surface area contributed by atoms with Gasteiger partial charge in [0.25, 0.3) is 0 Å². The molecular weight excluding hydrogens is 280 g/mol. The average Bonchev–Trinajstić information content (AvgIpc) is 3.05. The van der Waals surface area contributed by atoms with Crippen LogP contribution in [0.2, 0.25) is 0 Å². The molecule has 0 fully saturated rings. The van der Waals surface area contributed by atoms with Crippen LogP contribution in [0.15, 0.2) is 22.8 Å². The molecule has 2 heterocycles. The van der Waals surface area contributed by atoms with Gasteiger partial charge in [0.1, 0.15) is 5.76 Å². The fourth-order valence-corrected chi connectivity index (χ4v) is 2.81. The molecule has 0 amide bonds. The van der Waals surface area contributed by atoms with Crippen LogP contribution in [-0.4, -0.2) is 22.6 Å². The van der Waals surface area contributed by atoms with E-state index < -0.39 is 6.04 Å². The summed E-state index contributed by atoms with van der Waals surface area (Å²) in [5.41, 5.74) is 2.55. The molecule has 0 unspecified atom stereocenters. The van der Waals surface area contributed by atoms with E-state index in [1.54, 1.807) is 13.2 Å². The van der Waals surface area contributed by atoms with Gasteiger partial charge in [-0.25, -0.2) is 0 Å². The molecule has 2 N–H and O–H groups in total. The van der Waals surface area contributed by atoms with Crippen LogP contribution >= 0.6 is 0 Å². The number of furan rings is 1. The predicted molar refractivity (Wildman–Crippen MR) is 84.3 cm³/mol. The Balaban J connectivity index is 2.18. The fourth-order valence-electron chi connectivity index (χ4n) is 2.81. The zero-order valence-electron chi connectivity index (χ0n) is 13.6. The van der Waals surface area contributed by atoms with Gasteiger partial charge in [0, 0.05) is 11.3 Å². The minimum absolute atomic E-state index is 0.0325. The zero-order valence-corrected chi connectivity index (χ0v) is 13.6. The number of Topliss-reactive ketones (excluding diaryl/α,β-unsaturated/α-hetero) is 2. The highest BCUT2D eigenvalue weighted by molar-refractivity contribution is 6.05. The highest BCUT2D eigenvalue weighted by Gasteiger charge is 2.25. The van der Waals surface area contributed by atoms with E-state index in [2.05, 4.69) is 10.3 Å². The Kier molecular flexibility index (Phi) is 4.66. The van der Waals surface area contributed by atoms with Gasteiger partial charge >= 0.3 is 0 Å². The van der Waals surface area contributed by atoms with Crippen LogP contribution in [0.25, 0.3) is 0 Å². The van der Waals surface area contributed by atoms with Crippen molar-refractivity contribution in [2.24, 2.45) is 0 Å². The van der Waals surface area contributed by atoms with Gasteiger partial charge in [-0.05, 0) is 52.3 Å². The monoisotopic (exact) mass is 302 g/mol. The number of ketones is 2. The maximum atomic E-state index is 12.6. The molecule has 0 saturated heterocycles. The predicted octanol–water partition coefficient (Wildman–Crippen LogP) is 3.35. The zero-order chi connectivity index (χ0) is 16.4. The van der Waals surface area contributed by atoms with Crippen LogP contribution in [0, 0.1) is 13.8 Å². The molecule has 22 heavy (non-hydrogen) atoms. The third kappa shape index (κ3) is 3.04. The van der Waals surface area contributed by atoms with Crippen molar-refractivity contribution in [1.82, 2.24) is 10.3 Å². The van der Waals surface area contributed by atoms with Gasteiger partial charge < -0.3 is 9.40 Å². The SMILES string of the molecule is CC(=O)c1c(C)[nH]c(C(=O)[C@H](C)N[C@@H](C)c2ccco2)c1C. The largest absolute Gasteiger partial charge is 0.468 e. The summed E-state index contributed by atoms with van der Waals surface area (Å²) in [7, 11) is 0. The summed E-state index contributed by atoms with van der Waals surface area (Å²) in [5, 5.41) is 3.22. The first-order chi connectivity index (χ1) is 10.3. The van der Waals surface area contributed by atoms with Crippen molar-refractivity contribution in [1.29, 1.82) is 0 Å². The number of carbonyl (C=O) groups excluding carboxylic acids is 2. The van der Waals surface area contributed by atoms with Gasteiger partial charge in [-0.15, -0.1) is 0 Å². The normalized spacial score (nSPS) is 13.9. The van der Waals surface area contributed by atoms with Crippen LogP contribution in [-0.2, 0) is 0 Å². The smallest absolute Gasteiger partial charge is 0.195 e. The first-order valence-electron chi connectivity index (χ1n) is 7.36. The second-order valence-electron chi connectivity index (χ2n) is 5.67. The maximum absolute atomic E-state index is 12.6. The quantitative estimate of drug-likeness (QED) is 0.802. The maximum Gasteiger partial charge on any atom is 0.195 e. The number of aryl methyl sites for hydroxylation is 1. The van der Waals surface area contributed by atoms with E-state index >= 15 is 0 Å². The molecular formula is C17H22N2O3. The van der Waals surface area contributed by atoms with Crippen molar-refractivity contribution in [2.45, 2.75) is 46.7 Å². The van der Waals surface area contributed by atoms with Gasteiger partial charge in [-0.1, -0.05) is 0 Å². The molecule has 0 aliphatic rings. The molecule has 0 saturated carbocycles. The number of nitrogens with one attached hydrogen (secondary N) is 2. The van der Waals surface area contributed by atoms with E-state index in [4.69, 9.17) is 4.42 Å². The number of hydrogen-bond acceptors (Lipinski definition) is 4.